The third-order valence-corrected chi connectivity index (χ3v) is 99.3. The van der Waals surface area contributed by atoms with E-state index in [0.29, 0.717) is 0 Å². The summed E-state index contributed by atoms with van der Waals surface area (Å²) >= 11 is 0. The number of hydrogen-bond acceptors (Lipinski definition) is 12. The van der Waals surface area contributed by atoms with Crippen molar-refractivity contribution < 1.29 is 67.0 Å². The minimum absolute atomic E-state index is 0.557. The van der Waals surface area contributed by atoms with Gasteiger partial charge in [-0.15, -0.1) is 0 Å². The molecule has 0 bridgehead atoms. The topological polar surface area (TPSA) is 199 Å². The molecule has 0 saturated heterocycles. The molecule has 2 unspecified atom stereocenters. The number of halogens is 3. The molecule has 0 heterocycles. The van der Waals surface area contributed by atoms with Gasteiger partial charge in [0.15, 0.2) is 8.56 Å². The van der Waals surface area contributed by atoms with Gasteiger partial charge in [-0.1, -0.05) is 27.3 Å². The zero-order valence-electron chi connectivity index (χ0n) is 20.6. The Kier molecular flexibility index (Phi) is 16.7. The van der Waals surface area contributed by atoms with Crippen LogP contribution < -0.4 is 0 Å². The molecule has 0 rings (SSSR count). The first kappa shape index (κ1) is 39.2. The molecule has 0 fully saturated rings. The quantitative estimate of drug-likeness (QED) is 0.124. The van der Waals surface area contributed by atoms with E-state index in [0.717, 1.165) is 0 Å². The van der Waals surface area contributed by atoms with E-state index < -0.39 is 139 Å². The van der Waals surface area contributed by atoms with Crippen LogP contribution in [0.3, 0.4) is 0 Å². The van der Waals surface area contributed by atoms with Crippen molar-refractivity contribution in [1.29, 1.82) is 0 Å². The summed E-state index contributed by atoms with van der Waals surface area (Å²) in [7, 11) is -35.6. The van der Waals surface area contributed by atoms with Gasteiger partial charge in [0.2, 0.25) is 25.4 Å². The van der Waals surface area contributed by atoms with Crippen molar-refractivity contribution in [2.75, 3.05) is 0 Å². The van der Waals surface area contributed by atoms with Crippen molar-refractivity contribution >= 4 is 115 Å². The van der Waals surface area contributed by atoms with Gasteiger partial charge in [0, 0.05) is 6.42 Å². The Balaban J connectivity index is 5.59. The third kappa shape index (κ3) is 10.5. The van der Waals surface area contributed by atoms with Crippen molar-refractivity contribution in [3.05, 3.63) is 0 Å². The Morgan fingerprint density at radius 1 is 0.842 bits per heavy atom. The first-order valence-corrected chi connectivity index (χ1v) is 41.9. The van der Waals surface area contributed by atoms with Crippen LogP contribution in [0.1, 0.15) is 27.2 Å². The molecule has 8 radical (unpaired) electrons. The molecule has 2 atom stereocenters. The summed E-state index contributed by atoms with van der Waals surface area (Å²) in [6.07, 6.45) is -5.86. The van der Waals surface area contributed by atoms with Crippen LogP contribution in [-0.2, 0) is 39.5 Å². The molecule has 0 spiro atoms. The fourth-order valence-electron chi connectivity index (χ4n) is 2.67. The highest BCUT2D eigenvalue weighted by molar-refractivity contribution is 7.76. The average Bonchev–Trinajstić information content (AvgIpc) is 2.84. The van der Waals surface area contributed by atoms with Gasteiger partial charge < -0.3 is 53.9 Å². The predicted octanol–water partition coefficient (Wildman–Crippen LogP) is -3.41. The summed E-state index contributed by atoms with van der Waals surface area (Å²) in [6, 6.07) is -0.557. The summed E-state index contributed by atoms with van der Waals surface area (Å²) in [5, 5.41) is -0.946. The largest absolute Gasteiger partial charge is 0.456 e. The van der Waals surface area contributed by atoms with Crippen LogP contribution in [0.15, 0.2) is 0 Å². The van der Waals surface area contributed by atoms with Gasteiger partial charge in [0.05, 0.1) is 0 Å². The summed E-state index contributed by atoms with van der Waals surface area (Å²) in [5.74, 6) is 0. The zero-order chi connectivity index (χ0) is 30.3. The SMILES string of the molecule is C[SiH](O[Si][Si](=O)[Si](=O)[Si](=O)[Si](=O)[Si](=O)[Si](=O)[Si](=O)[Si](C)(CCC(F)(F)F)C(C)(C)C)[Si](O[Si]O)([Si]O)[Si]O. The van der Waals surface area contributed by atoms with E-state index >= 15 is 0 Å². The van der Waals surface area contributed by atoms with E-state index in [1.807, 2.05) is 0 Å². The van der Waals surface area contributed by atoms with E-state index in [1.165, 1.54) is 33.9 Å². The lowest BCUT2D eigenvalue weighted by molar-refractivity contribution is -0.130. The summed E-state index contributed by atoms with van der Waals surface area (Å²) in [5.41, 5.74) is 0. The molecule has 0 aromatic heterocycles. The van der Waals surface area contributed by atoms with Crippen LogP contribution in [0.5, 0.6) is 0 Å². The monoisotopic (exact) mass is 772 g/mol. The standard InChI is InChI=1S/C9H23F3O12Si14/c1-8(2,3)37(5,7-6-9(10,11)12)36(22)35(21)34(20)33(19)32(18)31(17)30(16)28-23-29(4)38(26-14,27-15)24-25-13/h13-15,29H,6-7H2,1-5H3. The fraction of sp³-hybridized carbons (Fsp3) is 1.00. The van der Waals surface area contributed by atoms with Gasteiger partial charge in [-0.3, -0.25) is 0 Å². The lowest BCUT2D eigenvalue weighted by atomic mass is 10.2. The molecular formula is C9H23F3O12Si14. The van der Waals surface area contributed by atoms with Crippen molar-refractivity contribution in [2.24, 2.45) is 0 Å². The second kappa shape index (κ2) is 16.2. The molecule has 0 aromatic rings. The lowest BCUT2D eigenvalue weighted by Crippen LogP contribution is -2.66. The van der Waals surface area contributed by atoms with Gasteiger partial charge in [-0.2, -0.15) is 13.2 Å². The van der Waals surface area contributed by atoms with Gasteiger partial charge >= 0.3 is 70.2 Å². The Bertz CT molecular complexity index is 982. The molecular weight excluding hydrogens is 750 g/mol. The van der Waals surface area contributed by atoms with Crippen LogP contribution in [-0.4, -0.2) is 135 Å². The smallest absolute Gasteiger partial charge is 0.418 e. The molecule has 0 aliphatic heterocycles. The first-order valence-electron chi connectivity index (χ1n) is 10.3. The second-order valence-electron chi connectivity index (χ2n) is 9.02. The van der Waals surface area contributed by atoms with Gasteiger partial charge in [-0.05, 0) is 17.6 Å². The molecule has 29 heteroatoms. The third-order valence-electron chi connectivity index (χ3n) is 5.74. The molecule has 208 valence electrons. The van der Waals surface area contributed by atoms with Gasteiger partial charge in [0.25, 0.3) is 9.28 Å². The molecule has 0 amide bonds. The Morgan fingerprint density at radius 3 is 1.68 bits per heavy atom. The molecule has 0 aromatic carbocycles. The van der Waals surface area contributed by atoms with Crippen LogP contribution in [0, 0.1) is 0 Å². The highest BCUT2D eigenvalue weighted by Gasteiger charge is 2.57. The van der Waals surface area contributed by atoms with Gasteiger partial charge in [-0.25, -0.2) is 0 Å². The maximum absolute atomic E-state index is 13.2. The Labute approximate surface area is 238 Å². The second-order valence-corrected chi connectivity index (χ2v) is 72.8. The molecule has 0 aliphatic carbocycles. The van der Waals surface area contributed by atoms with Crippen molar-refractivity contribution in [3.63, 3.8) is 0 Å². The van der Waals surface area contributed by atoms with E-state index in [4.69, 9.17) is 13.0 Å². The van der Waals surface area contributed by atoms with Crippen LogP contribution in [0.25, 0.3) is 0 Å². The minimum Gasteiger partial charge on any atom is -0.456 e. The summed E-state index contributed by atoms with van der Waals surface area (Å²) < 4.78 is 138. The summed E-state index contributed by atoms with van der Waals surface area (Å²) in [4.78, 5) is 28.2. The molecule has 38 heavy (non-hydrogen) atoms. The van der Waals surface area contributed by atoms with E-state index in [2.05, 4.69) is 0 Å². The van der Waals surface area contributed by atoms with Crippen LogP contribution in [0.2, 0.25) is 24.2 Å². The van der Waals surface area contributed by atoms with Crippen LogP contribution in [0.4, 0.5) is 13.2 Å². The molecule has 12 nitrogen and oxygen atoms in total. The van der Waals surface area contributed by atoms with E-state index in [9.17, 15) is 54.0 Å². The summed E-state index contributed by atoms with van der Waals surface area (Å²) in [6.45, 7) is 4.18. The van der Waals surface area contributed by atoms with E-state index in [1.54, 1.807) is 0 Å². The first-order chi connectivity index (χ1) is 17.2. The number of alkyl halides is 3. The predicted molar refractivity (Wildman–Crippen MR) is 143 cm³/mol. The normalized spacial score (nSPS) is 14.8. The van der Waals surface area contributed by atoms with Crippen molar-refractivity contribution in [3.8, 4) is 0 Å². The Hall–Kier alpha value is 1.23. The highest BCUT2D eigenvalue weighted by atomic mass is 30.0. The molecule has 0 saturated carbocycles. The Morgan fingerprint density at radius 2 is 1.29 bits per heavy atom. The van der Waals surface area contributed by atoms with Crippen LogP contribution >= 0.6 is 0 Å². The zero-order valence-corrected chi connectivity index (χ0v) is 34.8. The fourth-order valence-corrected chi connectivity index (χ4v) is 113. The molecule has 3 N–H and O–H groups in total. The van der Waals surface area contributed by atoms with Crippen molar-refractivity contribution in [2.45, 2.75) is 57.5 Å². The highest BCUT2D eigenvalue weighted by Crippen LogP contribution is 2.41. The number of hydrogen-bond donors (Lipinski definition) is 3. The van der Waals surface area contributed by atoms with E-state index in [-0.39, 0.29) is 0 Å². The maximum Gasteiger partial charge on any atom is 0.418 e. The van der Waals surface area contributed by atoms with Crippen molar-refractivity contribution in [1.82, 2.24) is 0 Å². The molecule has 0 aliphatic rings. The lowest BCUT2D eigenvalue weighted by Gasteiger charge is -2.37. The van der Waals surface area contributed by atoms with Gasteiger partial charge in [0.1, 0.15) is 7.59 Å². The maximum atomic E-state index is 13.2. The average molecular weight is 773 g/mol. The minimum atomic E-state index is -4.57. The number of rotatable bonds is 17.